The standard InChI is InChI=1S/C33H46N2O6/c1-7-9-13-17-40-31(39)27-26-29(37)35(25(21-36)18-22(3)4)28(33(26)19-23(5)32(27,6)41-33)30(38)34(16-8-2)20-24-14-11-10-12-15-24/h7-8,10-12,14-15,22-23,25-28,36H,1-2,9,13,16-21H2,3-6H3/t23?,25-,26+,27+,28?,32-,33?/m1/s1. The van der Waals surface area contributed by atoms with Gasteiger partial charge >= 0.3 is 5.97 Å². The van der Waals surface area contributed by atoms with Gasteiger partial charge in [0.05, 0.1) is 30.8 Å². The van der Waals surface area contributed by atoms with Crippen LogP contribution in [0.15, 0.2) is 55.6 Å². The second kappa shape index (κ2) is 12.5. The van der Waals surface area contributed by atoms with Crippen molar-refractivity contribution in [2.75, 3.05) is 19.8 Å². The molecule has 224 valence electrons. The van der Waals surface area contributed by atoms with Gasteiger partial charge in [0.1, 0.15) is 17.6 Å². The molecule has 7 atom stereocenters. The number of ether oxygens (including phenoxy) is 2. The molecule has 3 fully saturated rings. The molecule has 3 unspecified atom stereocenters. The van der Waals surface area contributed by atoms with E-state index >= 15 is 0 Å². The Hall–Kier alpha value is -2.97. The summed E-state index contributed by atoms with van der Waals surface area (Å²) in [6, 6.07) is 8.10. The number of rotatable bonds is 14. The highest BCUT2D eigenvalue weighted by Gasteiger charge is 2.80. The fourth-order valence-corrected chi connectivity index (χ4v) is 7.38. The lowest BCUT2D eigenvalue weighted by molar-refractivity contribution is -0.164. The fraction of sp³-hybridized carbons (Fsp3) is 0.606. The van der Waals surface area contributed by atoms with Gasteiger partial charge in [-0.05, 0) is 50.0 Å². The smallest absolute Gasteiger partial charge is 0.312 e. The lowest BCUT2D eigenvalue weighted by atomic mass is 9.62. The van der Waals surface area contributed by atoms with E-state index in [0.29, 0.717) is 32.2 Å². The zero-order chi connectivity index (χ0) is 29.9. The number of hydrogen-bond donors (Lipinski definition) is 1. The normalized spacial score (nSPS) is 30.8. The molecule has 0 radical (unpaired) electrons. The van der Waals surface area contributed by atoms with Crippen molar-refractivity contribution in [2.24, 2.45) is 23.7 Å². The summed E-state index contributed by atoms with van der Waals surface area (Å²) >= 11 is 0. The molecule has 3 aliphatic rings. The van der Waals surface area contributed by atoms with E-state index in [1.807, 2.05) is 58.0 Å². The second-order valence-corrected chi connectivity index (χ2v) is 12.5. The number of fused-ring (bicyclic) bond motifs is 1. The maximum atomic E-state index is 14.7. The van der Waals surface area contributed by atoms with Crippen molar-refractivity contribution in [3.8, 4) is 0 Å². The van der Waals surface area contributed by atoms with Crippen molar-refractivity contribution < 1.29 is 29.0 Å². The number of hydrogen-bond acceptors (Lipinski definition) is 6. The van der Waals surface area contributed by atoms with Crippen LogP contribution in [0.1, 0.15) is 58.9 Å². The van der Waals surface area contributed by atoms with Crippen LogP contribution in [0.5, 0.6) is 0 Å². The molecule has 8 nitrogen and oxygen atoms in total. The summed E-state index contributed by atoms with van der Waals surface area (Å²) in [5.74, 6) is -2.67. The third-order valence-electron chi connectivity index (χ3n) is 9.26. The fourth-order valence-electron chi connectivity index (χ4n) is 7.38. The molecular weight excluding hydrogens is 520 g/mol. The molecule has 3 saturated heterocycles. The molecule has 0 saturated carbocycles. The number of aliphatic hydroxyl groups is 1. The number of carbonyl (C=O) groups is 3. The zero-order valence-electron chi connectivity index (χ0n) is 25.0. The number of allylic oxidation sites excluding steroid dienone is 1. The first kappa shape index (κ1) is 31.0. The summed E-state index contributed by atoms with van der Waals surface area (Å²) < 4.78 is 12.5. The van der Waals surface area contributed by atoms with Gasteiger partial charge in [-0.3, -0.25) is 14.4 Å². The Balaban J connectivity index is 1.78. The molecule has 2 amide bonds. The molecule has 3 heterocycles. The average molecular weight is 567 g/mol. The first-order valence-electron chi connectivity index (χ1n) is 14.9. The molecule has 1 aromatic carbocycles. The van der Waals surface area contributed by atoms with Crippen LogP contribution in [0.4, 0.5) is 0 Å². The van der Waals surface area contributed by atoms with Crippen LogP contribution in [-0.2, 0) is 30.4 Å². The highest BCUT2D eigenvalue weighted by atomic mass is 16.6. The van der Waals surface area contributed by atoms with Gasteiger partial charge in [0, 0.05) is 13.1 Å². The largest absolute Gasteiger partial charge is 0.465 e. The summed E-state index contributed by atoms with van der Waals surface area (Å²) in [4.78, 5) is 46.0. The maximum Gasteiger partial charge on any atom is 0.312 e. The van der Waals surface area contributed by atoms with Crippen LogP contribution in [0.3, 0.4) is 0 Å². The maximum absolute atomic E-state index is 14.7. The summed E-state index contributed by atoms with van der Waals surface area (Å²) in [5, 5.41) is 10.5. The molecule has 4 rings (SSSR count). The number of aliphatic hydroxyl groups excluding tert-OH is 1. The van der Waals surface area contributed by atoms with Crippen LogP contribution in [0.2, 0.25) is 0 Å². The highest BCUT2D eigenvalue weighted by Crippen LogP contribution is 2.65. The highest BCUT2D eigenvalue weighted by molar-refractivity contribution is 5.98. The number of esters is 1. The van der Waals surface area contributed by atoms with Gasteiger partial charge in [0.2, 0.25) is 11.8 Å². The molecule has 1 spiro atoms. The van der Waals surface area contributed by atoms with Gasteiger partial charge in [-0.25, -0.2) is 0 Å². The average Bonchev–Trinajstić information content (AvgIpc) is 3.46. The van der Waals surface area contributed by atoms with Gasteiger partial charge in [0.25, 0.3) is 0 Å². The van der Waals surface area contributed by atoms with Crippen molar-refractivity contribution in [3.63, 3.8) is 0 Å². The lowest BCUT2D eigenvalue weighted by Crippen LogP contribution is -2.59. The number of unbranched alkanes of at least 4 members (excludes halogenated alkanes) is 1. The van der Waals surface area contributed by atoms with E-state index in [4.69, 9.17) is 9.47 Å². The Bertz CT molecular complexity index is 1140. The van der Waals surface area contributed by atoms with Crippen molar-refractivity contribution in [2.45, 2.75) is 83.2 Å². The summed E-state index contributed by atoms with van der Waals surface area (Å²) in [6.45, 7) is 16.1. The summed E-state index contributed by atoms with van der Waals surface area (Å²) in [5.41, 5.74) is -1.20. The van der Waals surface area contributed by atoms with E-state index in [0.717, 1.165) is 5.56 Å². The van der Waals surface area contributed by atoms with Crippen LogP contribution >= 0.6 is 0 Å². The predicted molar refractivity (Wildman–Crippen MR) is 156 cm³/mol. The summed E-state index contributed by atoms with van der Waals surface area (Å²) in [6.07, 6.45) is 5.78. The Morgan fingerprint density at radius 2 is 1.95 bits per heavy atom. The monoisotopic (exact) mass is 566 g/mol. The van der Waals surface area contributed by atoms with E-state index in [1.165, 1.54) is 0 Å². The molecule has 1 aromatic rings. The molecule has 41 heavy (non-hydrogen) atoms. The third-order valence-corrected chi connectivity index (χ3v) is 9.26. The van der Waals surface area contributed by atoms with E-state index < -0.39 is 41.1 Å². The van der Waals surface area contributed by atoms with Gasteiger partial charge in [-0.15, -0.1) is 13.2 Å². The number of carbonyl (C=O) groups excluding carboxylic acids is 3. The molecule has 0 aromatic heterocycles. The molecule has 3 aliphatic heterocycles. The molecule has 0 aliphatic carbocycles. The van der Waals surface area contributed by atoms with Gasteiger partial charge in [0.15, 0.2) is 0 Å². The van der Waals surface area contributed by atoms with Gasteiger partial charge < -0.3 is 24.4 Å². The van der Waals surface area contributed by atoms with Crippen molar-refractivity contribution >= 4 is 17.8 Å². The topological polar surface area (TPSA) is 96.4 Å². The van der Waals surface area contributed by atoms with Crippen LogP contribution in [0, 0.1) is 23.7 Å². The van der Waals surface area contributed by atoms with E-state index in [2.05, 4.69) is 13.2 Å². The molecule has 2 bridgehead atoms. The van der Waals surface area contributed by atoms with E-state index in [-0.39, 0.29) is 43.4 Å². The molecular formula is C33H46N2O6. The van der Waals surface area contributed by atoms with Crippen LogP contribution < -0.4 is 0 Å². The predicted octanol–water partition coefficient (Wildman–Crippen LogP) is 4.13. The zero-order valence-corrected chi connectivity index (χ0v) is 25.0. The minimum atomic E-state index is -1.20. The molecule has 1 N–H and O–H groups in total. The first-order valence-corrected chi connectivity index (χ1v) is 14.9. The SMILES string of the molecule is C=CCCCOC(=O)[C@@H]1[C@H]2C(=O)N([C@@H](CO)CC(C)C)C(C(=O)N(CC=C)Cc3ccccc3)C23CC(C)[C@@]1(C)O3. The number of benzene rings is 1. The minimum absolute atomic E-state index is 0.0906. The van der Waals surface area contributed by atoms with Crippen molar-refractivity contribution in [1.29, 1.82) is 0 Å². The quantitative estimate of drug-likeness (QED) is 0.207. The minimum Gasteiger partial charge on any atom is -0.465 e. The first-order chi connectivity index (χ1) is 19.5. The van der Waals surface area contributed by atoms with Crippen molar-refractivity contribution in [3.05, 3.63) is 61.2 Å². The number of likely N-dealkylation sites (tertiary alicyclic amines) is 1. The second-order valence-electron chi connectivity index (χ2n) is 12.5. The Morgan fingerprint density at radius 3 is 2.56 bits per heavy atom. The Kier molecular flexibility index (Phi) is 9.44. The number of nitrogens with zero attached hydrogens (tertiary/aromatic N) is 2. The van der Waals surface area contributed by atoms with E-state index in [1.54, 1.807) is 22.0 Å². The van der Waals surface area contributed by atoms with Crippen LogP contribution in [-0.4, -0.2) is 75.7 Å². The Morgan fingerprint density at radius 1 is 1.24 bits per heavy atom. The summed E-state index contributed by atoms with van der Waals surface area (Å²) in [7, 11) is 0. The third kappa shape index (κ3) is 5.48. The number of amides is 2. The van der Waals surface area contributed by atoms with Gasteiger partial charge in [-0.2, -0.15) is 0 Å². The van der Waals surface area contributed by atoms with Gasteiger partial charge in [-0.1, -0.05) is 63.3 Å². The van der Waals surface area contributed by atoms with E-state index in [9.17, 15) is 19.5 Å². The lowest BCUT2D eigenvalue weighted by Gasteiger charge is -2.40. The van der Waals surface area contributed by atoms with Crippen LogP contribution in [0.25, 0.3) is 0 Å². The molecule has 8 heteroatoms. The Labute approximate surface area is 244 Å². The van der Waals surface area contributed by atoms with Crippen molar-refractivity contribution in [1.82, 2.24) is 9.80 Å².